The summed E-state index contributed by atoms with van der Waals surface area (Å²) in [5.41, 5.74) is -0.342. The number of carbonyl (C=O) groups is 1. The molecular formula is C14H14F3N3OS. The third-order valence-corrected chi connectivity index (χ3v) is 3.72. The highest BCUT2D eigenvalue weighted by Gasteiger charge is 2.30. The van der Waals surface area contributed by atoms with Crippen LogP contribution in [-0.2, 0) is 12.7 Å². The zero-order valence-corrected chi connectivity index (χ0v) is 12.5. The van der Waals surface area contributed by atoms with E-state index in [1.54, 1.807) is 0 Å². The highest BCUT2D eigenvalue weighted by molar-refractivity contribution is 7.17. The van der Waals surface area contributed by atoms with Crippen molar-refractivity contribution < 1.29 is 18.0 Å². The fourth-order valence-corrected chi connectivity index (χ4v) is 2.54. The van der Waals surface area contributed by atoms with Gasteiger partial charge in [0.2, 0.25) is 0 Å². The molecule has 0 saturated heterocycles. The standard InChI is InChI=1S/C14H14F3N3OS/c1-2-18-13-20-8-11(22-13)12(21)19-7-9-4-3-5-10(6-9)14(15,16)17/h3-6,8H,2,7H2,1H3,(H,18,20)(H,19,21). The Morgan fingerprint density at radius 1 is 1.36 bits per heavy atom. The average Bonchev–Trinajstić information content (AvgIpc) is 2.93. The number of nitrogens with zero attached hydrogens (tertiary/aromatic N) is 1. The van der Waals surface area contributed by atoms with E-state index in [0.29, 0.717) is 22.1 Å². The van der Waals surface area contributed by atoms with Crippen molar-refractivity contribution in [1.82, 2.24) is 10.3 Å². The summed E-state index contributed by atoms with van der Waals surface area (Å²) < 4.78 is 37.8. The average molecular weight is 329 g/mol. The molecule has 0 fully saturated rings. The molecule has 1 amide bonds. The van der Waals surface area contributed by atoms with Crippen molar-refractivity contribution in [3.63, 3.8) is 0 Å². The first kappa shape index (κ1) is 16.3. The number of nitrogens with one attached hydrogen (secondary N) is 2. The summed E-state index contributed by atoms with van der Waals surface area (Å²) in [6.45, 7) is 2.63. The molecule has 0 atom stereocenters. The van der Waals surface area contributed by atoms with Gasteiger partial charge in [-0.25, -0.2) is 4.98 Å². The summed E-state index contributed by atoms with van der Waals surface area (Å²) in [6.07, 6.45) is -2.96. The van der Waals surface area contributed by atoms with E-state index < -0.39 is 11.7 Å². The molecule has 2 rings (SSSR count). The number of thiazole rings is 1. The molecule has 0 aliphatic rings. The van der Waals surface area contributed by atoms with Gasteiger partial charge in [-0.2, -0.15) is 13.2 Å². The van der Waals surface area contributed by atoms with Gasteiger partial charge in [0.1, 0.15) is 4.88 Å². The van der Waals surface area contributed by atoms with Crippen LogP contribution < -0.4 is 10.6 Å². The second-order valence-corrected chi connectivity index (χ2v) is 5.47. The van der Waals surface area contributed by atoms with Gasteiger partial charge in [0.15, 0.2) is 5.13 Å². The summed E-state index contributed by atoms with van der Waals surface area (Å²) in [7, 11) is 0. The first-order valence-electron chi connectivity index (χ1n) is 6.54. The number of carbonyl (C=O) groups excluding carboxylic acids is 1. The van der Waals surface area contributed by atoms with Gasteiger partial charge in [-0.15, -0.1) is 0 Å². The predicted molar refractivity (Wildman–Crippen MR) is 78.9 cm³/mol. The molecule has 8 heteroatoms. The lowest BCUT2D eigenvalue weighted by molar-refractivity contribution is -0.137. The normalized spacial score (nSPS) is 11.3. The van der Waals surface area contributed by atoms with Crippen LogP contribution in [0.3, 0.4) is 0 Å². The zero-order valence-electron chi connectivity index (χ0n) is 11.7. The number of amides is 1. The smallest absolute Gasteiger partial charge is 0.362 e. The van der Waals surface area contributed by atoms with Crippen LogP contribution in [0.2, 0.25) is 0 Å². The van der Waals surface area contributed by atoms with Crippen molar-refractivity contribution in [3.8, 4) is 0 Å². The van der Waals surface area contributed by atoms with Crippen LogP contribution in [0.5, 0.6) is 0 Å². The molecule has 2 aromatic rings. The Balaban J connectivity index is 1.98. The molecule has 1 aromatic carbocycles. The van der Waals surface area contributed by atoms with E-state index in [2.05, 4.69) is 15.6 Å². The van der Waals surface area contributed by atoms with Crippen LogP contribution >= 0.6 is 11.3 Å². The maximum absolute atomic E-state index is 12.6. The first-order valence-corrected chi connectivity index (χ1v) is 7.36. The fraction of sp³-hybridized carbons (Fsp3) is 0.286. The fourth-order valence-electron chi connectivity index (χ4n) is 1.74. The van der Waals surface area contributed by atoms with E-state index in [9.17, 15) is 18.0 Å². The van der Waals surface area contributed by atoms with Crippen LogP contribution in [0.4, 0.5) is 18.3 Å². The highest BCUT2D eigenvalue weighted by Crippen LogP contribution is 2.29. The van der Waals surface area contributed by atoms with E-state index in [1.807, 2.05) is 6.92 Å². The van der Waals surface area contributed by atoms with Gasteiger partial charge in [0.05, 0.1) is 11.8 Å². The molecule has 0 spiro atoms. The molecule has 0 bridgehead atoms. The van der Waals surface area contributed by atoms with Gasteiger partial charge in [-0.3, -0.25) is 4.79 Å². The largest absolute Gasteiger partial charge is 0.416 e. The van der Waals surface area contributed by atoms with E-state index in [0.717, 1.165) is 12.1 Å². The van der Waals surface area contributed by atoms with Crippen LogP contribution in [0.1, 0.15) is 27.7 Å². The third-order valence-electron chi connectivity index (χ3n) is 2.76. The monoisotopic (exact) mass is 329 g/mol. The number of alkyl halides is 3. The second-order valence-electron chi connectivity index (χ2n) is 4.44. The number of hydrogen-bond acceptors (Lipinski definition) is 4. The van der Waals surface area contributed by atoms with Gasteiger partial charge in [0.25, 0.3) is 5.91 Å². The third kappa shape index (κ3) is 4.20. The summed E-state index contributed by atoms with van der Waals surface area (Å²) in [5, 5.41) is 6.20. The minimum Gasteiger partial charge on any atom is -0.362 e. The first-order chi connectivity index (χ1) is 10.4. The number of benzene rings is 1. The molecule has 2 N–H and O–H groups in total. The molecule has 0 unspecified atom stereocenters. The molecule has 22 heavy (non-hydrogen) atoms. The minimum absolute atomic E-state index is 0.0250. The summed E-state index contributed by atoms with van der Waals surface area (Å²) >= 11 is 1.19. The lowest BCUT2D eigenvalue weighted by Gasteiger charge is -2.09. The van der Waals surface area contributed by atoms with Crippen LogP contribution in [0.15, 0.2) is 30.5 Å². The quantitative estimate of drug-likeness (QED) is 0.882. The number of hydrogen-bond donors (Lipinski definition) is 2. The van der Waals surface area contributed by atoms with Crippen LogP contribution in [-0.4, -0.2) is 17.4 Å². The molecule has 118 valence electrons. The Kier molecular flexibility index (Phi) is 5.02. The Labute approximate surface area is 129 Å². The van der Waals surface area contributed by atoms with Crippen molar-refractivity contribution >= 4 is 22.4 Å². The van der Waals surface area contributed by atoms with E-state index in [-0.39, 0.29) is 12.5 Å². The van der Waals surface area contributed by atoms with Crippen LogP contribution in [0, 0.1) is 0 Å². The van der Waals surface area contributed by atoms with Gasteiger partial charge >= 0.3 is 6.18 Å². The molecule has 0 aliphatic carbocycles. The van der Waals surface area contributed by atoms with Gasteiger partial charge in [-0.1, -0.05) is 23.5 Å². The molecule has 4 nitrogen and oxygen atoms in total. The second kappa shape index (κ2) is 6.78. The number of halogens is 3. The molecule has 1 aromatic heterocycles. The van der Waals surface area contributed by atoms with E-state index >= 15 is 0 Å². The maximum atomic E-state index is 12.6. The van der Waals surface area contributed by atoms with Gasteiger partial charge in [-0.05, 0) is 24.6 Å². The number of anilines is 1. The van der Waals surface area contributed by atoms with Crippen molar-refractivity contribution in [2.24, 2.45) is 0 Å². The Morgan fingerprint density at radius 2 is 2.14 bits per heavy atom. The zero-order chi connectivity index (χ0) is 16.2. The Bertz CT molecular complexity index is 655. The minimum atomic E-state index is -4.39. The SMILES string of the molecule is CCNc1ncc(C(=O)NCc2cccc(C(F)(F)F)c2)s1. The number of aromatic nitrogens is 1. The topological polar surface area (TPSA) is 54.0 Å². The van der Waals surface area contributed by atoms with Crippen molar-refractivity contribution in [2.75, 3.05) is 11.9 Å². The number of rotatable bonds is 5. The summed E-state index contributed by atoms with van der Waals surface area (Å²) in [5.74, 6) is -0.362. The van der Waals surface area contributed by atoms with Gasteiger partial charge < -0.3 is 10.6 Å². The van der Waals surface area contributed by atoms with Crippen molar-refractivity contribution in [2.45, 2.75) is 19.6 Å². The lowest BCUT2D eigenvalue weighted by Crippen LogP contribution is -2.22. The van der Waals surface area contributed by atoms with E-state index in [4.69, 9.17) is 0 Å². The van der Waals surface area contributed by atoms with Crippen molar-refractivity contribution in [1.29, 1.82) is 0 Å². The molecular weight excluding hydrogens is 315 g/mol. The lowest BCUT2D eigenvalue weighted by atomic mass is 10.1. The summed E-state index contributed by atoms with van der Waals surface area (Å²) in [4.78, 5) is 16.4. The molecule has 0 radical (unpaired) electrons. The van der Waals surface area contributed by atoms with Crippen molar-refractivity contribution in [3.05, 3.63) is 46.5 Å². The highest BCUT2D eigenvalue weighted by atomic mass is 32.1. The molecule has 0 aliphatic heterocycles. The Morgan fingerprint density at radius 3 is 2.82 bits per heavy atom. The predicted octanol–water partition coefficient (Wildman–Crippen LogP) is 3.52. The van der Waals surface area contributed by atoms with Crippen LogP contribution in [0.25, 0.3) is 0 Å². The van der Waals surface area contributed by atoms with Gasteiger partial charge in [0, 0.05) is 13.1 Å². The Hall–Kier alpha value is -2.09. The molecule has 0 saturated carbocycles. The summed E-state index contributed by atoms with van der Waals surface area (Å²) in [6, 6.07) is 4.88. The van der Waals surface area contributed by atoms with E-state index in [1.165, 1.54) is 29.7 Å². The molecule has 1 heterocycles. The maximum Gasteiger partial charge on any atom is 0.416 e.